The second kappa shape index (κ2) is 5.90. The minimum atomic E-state index is -0.850. The molecule has 1 fully saturated rings. The van der Waals surface area contributed by atoms with Gasteiger partial charge in [-0.3, -0.25) is 9.59 Å². The third kappa shape index (κ3) is 2.89. The van der Waals surface area contributed by atoms with Crippen LogP contribution in [-0.2, 0) is 4.79 Å². The number of aromatic nitrogens is 1. The highest BCUT2D eigenvalue weighted by Crippen LogP contribution is 2.36. The highest BCUT2D eigenvalue weighted by Gasteiger charge is 2.39. The van der Waals surface area contributed by atoms with Crippen molar-refractivity contribution in [3.63, 3.8) is 0 Å². The fourth-order valence-electron chi connectivity index (χ4n) is 2.64. The molecule has 1 aliphatic rings. The average molecular weight is 277 g/mol. The van der Waals surface area contributed by atoms with E-state index in [9.17, 15) is 14.7 Å². The molecule has 0 atom stereocenters. The number of nitrogens with one attached hydrogen (secondary N) is 1. The zero-order valence-corrected chi connectivity index (χ0v) is 11.3. The van der Waals surface area contributed by atoms with Crippen molar-refractivity contribution < 1.29 is 14.7 Å². The Morgan fingerprint density at radius 2 is 2.05 bits per heavy atom. The molecule has 0 radical (unpaired) electrons. The van der Waals surface area contributed by atoms with Crippen LogP contribution in [0.4, 0.5) is 5.69 Å². The van der Waals surface area contributed by atoms with Crippen molar-refractivity contribution in [1.82, 2.24) is 10.3 Å². The van der Waals surface area contributed by atoms with E-state index in [1.165, 1.54) is 6.20 Å². The standard InChI is InChI=1S/C14H19N3O3/c15-10-5-4-8-16-11(10)12(18)17-9-14(13(19)20)6-2-1-3-7-14/h4-5,8H,1-3,6-7,9,15H2,(H,17,18)(H,19,20). The molecule has 0 unspecified atom stereocenters. The fraction of sp³-hybridized carbons (Fsp3) is 0.500. The van der Waals surface area contributed by atoms with Crippen LogP contribution in [0.15, 0.2) is 18.3 Å². The first-order chi connectivity index (χ1) is 9.55. The predicted molar refractivity (Wildman–Crippen MR) is 74.1 cm³/mol. The summed E-state index contributed by atoms with van der Waals surface area (Å²) in [5.74, 6) is -1.26. The van der Waals surface area contributed by atoms with Gasteiger partial charge in [0.05, 0.1) is 11.1 Å². The van der Waals surface area contributed by atoms with Gasteiger partial charge in [0.15, 0.2) is 5.69 Å². The SMILES string of the molecule is Nc1cccnc1C(=O)NCC1(C(=O)O)CCCCC1. The van der Waals surface area contributed by atoms with Crippen LogP contribution in [0.5, 0.6) is 0 Å². The van der Waals surface area contributed by atoms with Crippen LogP contribution in [0, 0.1) is 5.41 Å². The lowest BCUT2D eigenvalue weighted by atomic mass is 9.74. The number of carbonyl (C=O) groups excluding carboxylic acids is 1. The summed E-state index contributed by atoms with van der Waals surface area (Å²) in [5, 5.41) is 12.1. The predicted octanol–water partition coefficient (Wildman–Crippen LogP) is 1.43. The molecule has 1 heterocycles. The molecule has 108 valence electrons. The summed E-state index contributed by atoms with van der Waals surface area (Å²) < 4.78 is 0. The Bertz CT molecular complexity index is 510. The molecule has 6 heteroatoms. The van der Waals surface area contributed by atoms with Gasteiger partial charge in [-0.2, -0.15) is 0 Å². The molecule has 1 saturated carbocycles. The number of hydrogen-bond donors (Lipinski definition) is 3. The number of carboxylic acid groups (broad SMARTS) is 1. The van der Waals surface area contributed by atoms with Gasteiger partial charge < -0.3 is 16.2 Å². The van der Waals surface area contributed by atoms with Crippen molar-refractivity contribution in [2.24, 2.45) is 5.41 Å². The Balaban J connectivity index is 2.05. The Morgan fingerprint density at radius 1 is 1.35 bits per heavy atom. The highest BCUT2D eigenvalue weighted by molar-refractivity contribution is 5.97. The van der Waals surface area contributed by atoms with Gasteiger partial charge in [-0.15, -0.1) is 0 Å². The van der Waals surface area contributed by atoms with Crippen LogP contribution in [-0.4, -0.2) is 28.5 Å². The molecular formula is C14H19N3O3. The molecule has 20 heavy (non-hydrogen) atoms. The Labute approximate surface area is 117 Å². The second-order valence-electron chi connectivity index (χ2n) is 5.27. The minimum absolute atomic E-state index is 0.122. The van der Waals surface area contributed by atoms with Crippen molar-refractivity contribution >= 4 is 17.6 Å². The summed E-state index contributed by atoms with van der Waals surface area (Å²) in [6.07, 6.45) is 5.50. The van der Waals surface area contributed by atoms with E-state index in [2.05, 4.69) is 10.3 Å². The summed E-state index contributed by atoms with van der Waals surface area (Å²) in [4.78, 5) is 27.5. The third-order valence-electron chi connectivity index (χ3n) is 3.91. The molecule has 0 aliphatic heterocycles. The lowest BCUT2D eigenvalue weighted by molar-refractivity contribution is -0.150. The number of carboxylic acids is 1. The van der Waals surface area contributed by atoms with Gasteiger partial charge in [-0.25, -0.2) is 4.98 Å². The molecule has 1 aliphatic carbocycles. The summed E-state index contributed by atoms with van der Waals surface area (Å²) in [7, 11) is 0. The van der Waals surface area contributed by atoms with E-state index < -0.39 is 17.3 Å². The normalized spacial score (nSPS) is 17.4. The monoisotopic (exact) mass is 277 g/mol. The van der Waals surface area contributed by atoms with Crippen LogP contribution in [0.25, 0.3) is 0 Å². The van der Waals surface area contributed by atoms with Crippen molar-refractivity contribution in [2.75, 3.05) is 12.3 Å². The quantitative estimate of drug-likeness (QED) is 0.772. The zero-order valence-electron chi connectivity index (χ0n) is 11.3. The number of rotatable bonds is 4. The molecule has 2 rings (SSSR count). The van der Waals surface area contributed by atoms with E-state index >= 15 is 0 Å². The van der Waals surface area contributed by atoms with E-state index in [1.807, 2.05) is 0 Å². The Kier molecular flexibility index (Phi) is 4.22. The number of amides is 1. The number of aliphatic carboxylic acids is 1. The van der Waals surface area contributed by atoms with E-state index in [4.69, 9.17) is 5.73 Å². The van der Waals surface area contributed by atoms with Gasteiger partial charge in [-0.1, -0.05) is 19.3 Å². The van der Waals surface area contributed by atoms with Crippen molar-refractivity contribution in [1.29, 1.82) is 0 Å². The van der Waals surface area contributed by atoms with Crippen LogP contribution in [0.1, 0.15) is 42.6 Å². The maximum Gasteiger partial charge on any atom is 0.311 e. The van der Waals surface area contributed by atoms with E-state index in [1.54, 1.807) is 12.1 Å². The smallest absolute Gasteiger partial charge is 0.311 e. The van der Waals surface area contributed by atoms with Crippen LogP contribution in [0.3, 0.4) is 0 Å². The number of anilines is 1. The van der Waals surface area contributed by atoms with Gasteiger partial charge in [-0.05, 0) is 25.0 Å². The molecule has 1 aromatic heterocycles. The molecule has 1 amide bonds. The van der Waals surface area contributed by atoms with Crippen molar-refractivity contribution in [3.8, 4) is 0 Å². The Hall–Kier alpha value is -2.11. The van der Waals surface area contributed by atoms with Crippen LogP contribution < -0.4 is 11.1 Å². The third-order valence-corrected chi connectivity index (χ3v) is 3.91. The van der Waals surface area contributed by atoms with E-state index in [0.29, 0.717) is 12.8 Å². The number of nitrogen functional groups attached to an aromatic ring is 1. The molecule has 1 aromatic rings. The molecule has 6 nitrogen and oxygen atoms in total. The number of hydrogen-bond acceptors (Lipinski definition) is 4. The summed E-state index contributed by atoms with van der Waals surface area (Å²) in [6, 6.07) is 3.24. The highest BCUT2D eigenvalue weighted by atomic mass is 16.4. The van der Waals surface area contributed by atoms with Gasteiger partial charge in [0.25, 0.3) is 5.91 Å². The minimum Gasteiger partial charge on any atom is -0.481 e. The van der Waals surface area contributed by atoms with E-state index in [-0.39, 0.29) is 17.9 Å². The van der Waals surface area contributed by atoms with E-state index in [0.717, 1.165) is 19.3 Å². The number of nitrogens with two attached hydrogens (primary N) is 1. The molecule has 0 saturated heterocycles. The Morgan fingerprint density at radius 3 is 2.65 bits per heavy atom. The largest absolute Gasteiger partial charge is 0.481 e. The van der Waals surface area contributed by atoms with Gasteiger partial charge in [0.2, 0.25) is 0 Å². The van der Waals surface area contributed by atoms with Crippen molar-refractivity contribution in [3.05, 3.63) is 24.0 Å². The van der Waals surface area contributed by atoms with Gasteiger partial charge in [0, 0.05) is 12.7 Å². The van der Waals surface area contributed by atoms with Crippen LogP contribution in [0.2, 0.25) is 0 Å². The number of carbonyl (C=O) groups is 2. The first-order valence-corrected chi connectivity index (χ1v) is 6.77. The maximum absolute atomic E-state index is 12.0. The molecule has 4 N–H and O–H groups in total. The second-order valence-corrected chi connectivity index (χ2v) is 5.27. The maximum atomic E-state index is 12.0. The van der Waals surface area contributed by atoms with Crippen molar-refractivity contribution in [2.45, 2.75) is 32.1 Å². The summed E-state index contributed by atoms with van der Waals surface area (Å²) in [5.41, 5.74) is 5.27. The lowest BCUT2D eigenvalue weighted by Gasteiger charge is -2.33. The number of nitrogens with zero attached hydrogens (tertiary/aromatic N) is 1. The lowest BCUT2D eigenvalue weighted by Crippen LogP contribution is -2.44. The average Bonchev–Trinajstić information content (AvgIpc) is 2.46. The summed E-state index contributed by atoms with van der Waals surface area (Å²) in [6.45, 7) is 0.122. The van der Waals surface area contributed by atoms with Gasteiger partial charge >= 0.3 is 5.97 Å². The first kappa shape index (κ1) is 14.3. The molecule has 0 spiro atoms. The number of pyridine rings is 1. The van der Waals surface area contributed by atoms with Crippen LogP contribution >= 0.6 is 0 Å². The topological polar surface area (TPSA) is 105 Å². The first-order valence-electron chi connectivity index (χ1n) is 6.77. The molecular weight excluding hydrogens is 258 g/mol. The summed E-state index contributed by atoms with van der Waals surface area (Å²) >= 11 is 0. The molecule has 0 bridgehead atoms. The van der Waals surface area contributed by atoms with Gasteiger partial charge in [0.1, 0.15) is 0 Å². The molecule has 0 aromatic carbocycles. The fourth-order valence-corrected chi connectivity index (χ4v) is 2.64. The zero-order chi connectivity index (χ0) is 14.6.